The molecule has 0 aromatic heterocycles. The van der Waals surface area contributed by atoms with Crippen molar-refractivity contribution in [2.24, 2.45) is 5.92 Å². The van der Waals surface area contributed by atoms with Crippen LogP contribution >= 0.6 is 11.6 Å². The van der Waals surface area contributed by atoms with Crippen LogP contribution in [0.1, 0.15) is 25.7 Å². The van der Waals surface area contributed by atoms with E-state index in [4.69, 9.17) is 16.3 Å². The third kappa shape index (κ3) is 4.62. The van der Waals surface area contributed by atoms with Gasteiger partial charge in [0.25, 0.3) is 0 Å². The Bertz CT molecular complexity index is 494. The van der Waals surface area contributed by atoms with E-state index in [1.165, 1.54) is 0 Å². The molecule has 0 spiro atoms. The van der Waals surface area contributed by atoms with Gasteiger partial charge in [-0.3, -0.25) is 9.69 Å². The molecule has 1 saturated carbocycles. The van der Waals surface area contributed by atoms with E-state index in [0.717, 1.165) is 56.1 Å². The molecule has 0 bridgehead atoms. The highest BCUT2D eigenvalue weighted by atomic mass is 35.5. The van der Waals surface area contributed by atoms with Gasteiger partial charge in [-0.25, -0.2) is 0 Å². The molecule has 0 atom stereocenters. The van der Waals surface area contributed by atoms with Crippen molar-refractivity contribution >= 4 is 17.5 Å². The van der Waals surface area contributed by atoms with Crippen LogP contribution in [-0.4, -0.2) is 43.1 Å². The fourth-order valence-electron chi connectivity index (χ4n) is 2.79. The summed E-state index contributed by atoms with van der Waals surface area (Å²) in [4.78, 5) is 14.2. The highest BCUT2D eigenvalue weighted by Crippen LogP contribution is 2.29. The second-order valence-corrected chi connectivity index (χ2v) is 6.64. The lowest BCUT2D eigenvalue weighted by Gasteiger charge is -2.32. The Morgan fingerprint density at radius 3 is 2.50 bits per heavy atom. The number of hydrogen-bond acceptors (Lipinski definition) is 3. The maximum absolute atomic E-state index is 11.8. The van der Waals surface area contributed by atoms with Crippen molar-refractivity contribution in [3.05, 3.63) is 29.3 Å². The summed E-state index contributed by atoms with van der Waals surface area (Å²) in [5.41, 5.74) is 0. The van der Waals surface area contributed by atoms with Gasteiger partial charge >= 0.3 is 0 Å². The normalized spacial score (nSPS) is 19.9. The molecule has 1 heterocycles. The molecule has 120 valence electrons. The number of rotatable bonds is 6. The fourth-order valence-corrected chi connectivity index (χ4v) is 2.91. The molecule has 2 aliphatic rings. The first-order valence-corrected chi connectivity index (χ1v) is 8.49. The zero-order chi connectivity index (χ0) is 15.4. The Morgan fingerprint density at radius 2 is 1.86 bits per heavy atom. The first-order chi connectivity index (χ1) is 10.7. The lowest BCUT2D eigenvalue weighted by molar-refractivity contribution is -0.123. The van der Waals surface area contributed by atoms with Gasteiger partial charge in [0.2, 0.25) is 5.91 Å². The summed E-state index contributed by atoms with van der Waals surface area (Å²) in [5, 5.41) is 3.90. The predicted octanol–water partition coefficient (Wildman–Crippen LogP) is 2.71. The minimum Gasteiger partial charge on any atom is -0.492 e. The van der Waals surface area contributed by atoms with Crippen molar-refractivity contribution in [2.45, 2.75) is 31.7 Å². The van der Waals surface area contributed by atoms with Gasteiger partial charge in [-0.05, 0) is 49.9 Å². The zero-order valence-electron chi connectivity index (χ0n) is 12.8. The predicted molar refractivity (Wildman–Crippen MR) is 87.3 cm³/mol. The summed E-state index contributed by atoms with van der Waals surface area (Å²) < 4.78 is 5.72. The molecule has 1 aliphatic heterocycles. The van der Waals surface area contributed by atoms with Gasteiger partial charge < -0.3 is 10.1 Å². The summed E-state index contributed by atoms with van der Waals surface area (Å²) in [7, 11) is 0. The maximum Gasteiger partial charge on any atom is 0.223 e. The van der Waals surface area contributed by atoms with Crippen LogP contribution in [0.4, 0.5) is 0 Å². The van der Waals surface area contributed by atoms with Crippen molar-refractivity contribution in [1.29, 1.82) is 0 Å². The molecule has 5 heteroatoms. The number of carbonyl (C=O) groups excluding carboxylic acids is 1. The minimum absolute atomic E-state index is 0.268. The Hall–Kier alpha value is -1.26. The number of ether oxygens (including phenoxy) is 1. The van der Waals surface area contributed by atoms with Crippen molar-refractivity contribution in [3.63, 3.8) is 0 Å². The first-order valence-electron chi connectivity index (χ1n) is 8.12. The molecule has 1 aliphatic carbocycles. The fraction of sp³-hybridized carbons (Fsp3) is 0.588. The molecule has 22 heavy (non-hydrogen) atoms. The van der Waals surface area contributed by atoms with E-state index in [2.05, 4.69) is 10.2 Å². The first kappa shape index (κ1) is 15.6. The molecular formula is C17H23ClN2O2. The Balaban J connectivity index is 1.31. The number of halogens is 1. The lowest BCUT2D eigenvalue weighted by Crippen LogP contribution is -2.45. The van der Waals surface area contributed by atoms with Crippen molar-refractivity contribution in [2.75, 3.05) is 26.2 Å². The van der Waals surface area contributed by atoms with Crippen molar-refractivity contribution in [1.82, 2.24) is 10.2 Å². The summed E-state index contributed by atoms with van der Waals surface area (Å²) in [6.45, 7) is 3.66. The molecule has 0 radical (unpaired) electrons. The minimum atomic E-state index is 0.268. The summed E-state index contributed by atoms with van der Waals surface area (Å²) in [5.74, 6) is 1.44. The highest BCUT2D eigenvalue weighted by Gasteiger charge is 2.31. The second-order valence-electron chi connectivity index (χ2n) is 6.20. The summed E-state index contributed by atoms with van der Waals surface area (Å²) in [6.07, 6.45) is 4.23. The van der Waals surface area contributed by atoms with Gasteiger partial charge in [0.15, 0.2) is 0 Å². The van der Waals surface area contributed by atoms with Crippen LogP contribution in [0.5, 0.6) is 5.75 Å². The summed E-state index contributed by atoms with van der Waals surface area (Å²) >= 11 is 5.85. The van der Waals surface area contributed by atoms with E-state index >= 15 is 0 Å². The van der Waals surface area contributed by atoms with Crippen LogP contribution in [0.2, 0.25) is 5.02 Å². The standard InChI is InChI=1S/C17H23ClN2O2/c18-14-3-5-16(6-4-14)22-12-11-20-9-7-15(8-10-20)19-17(21)13-1-2-13/h3-6,13,15H,1-2,7-12H2,(H,19,21). The van der Waals surface area contributed by atoms with Crippen LogP contribution in [-0.2, 0) is 4.79 Å². The number of hydrogen-bond donors (Lipinski definition) is 1. The largest absolute Gasteiger partial charge is 0.492 e. The van der Waals surface area contributed by atoms with E-state index in [9.17, 15) is 4.79 Å². The molecule has 0 unspecified atom stereocenters. The number of likely N-dealkylation sites (tertiary alicyclic amines) is 1. The van der Waals surface area contributed by atoms with Crippen LogP contribution in [0.25, 0.3) is 0 Å². The zero-order valence-corrected chi connectivity index (χ0v) is 13.5. The third-order valence-corrected chi connectivity index (χ3v) is 4.62. The van der Waals surface area contributed by atoms with Crippen molar-refractivity contribution < 1.29 is 9.53 Å². The average molecular weight is 323 g/mol. The van der Waals surface area contributed by atoms with Crippen LogP contribution in [0, 0.1) is 5.92 Å². The number of carbonyl (C=O) groups is 1. The Morgan fingerprint density at radius 1 is 1.18 bits per heavy atom. The van der Waals surface area contributed by atoms with Gasteiger partial charge in [-0.15, -0.1) is 0 Å². The molecular weight excluding hydrogens is 300 g/mol. The van der Waals surface area contributed by atoms with E-state index in [1.54, 1.807) is 0 Å². The quantitative estimate of drug-likeness (QED) is 0.875. The van der Waals surface area contributed by atoms with E-state index in [1.807, 2.05) is 24.3 Å². The molecule has 1 amide bonds. The van der Waals surface area contributed by atoms with Crippen LogP contribution < -0.4 is 10.1 Å². The monoisotopic (exact) mass is 322 g/mol. The van der Waals surface area contributed by atoms with E-state index in [0.29, 0.717) is 18.6 Å². The Labute approximate surface area is 136 Å². The molecule has 4 nitrogen and oxygen atoms in total. The van der Waals surface area contributed by atoms with Crippen LogP contribution in [0.15, 0.2) is 24.3 Å². The maximum atomic E-state index is 11.8. The molecule has 1 aromatic rings. The average Bonchev–Trinajstić information content (AvgIpc) is 3.36. The van der Waals surface area contributed by atoms with E-state index in [-0.39, 0.29) is 5.91 Å². The molecule has 1 N–H and O–H groups in total. The third-order valence-electron chi connectivity index (χ3n) is 4.37. The number of amides is 1. The Kier molecular flexibility index (Phi) is 5.21. The number of benzene rings is 1. The molecule has 2 fully saturated rings. The summed E-state index contributed by atoms with van der Waals surface area (Å²) in [6, 6.07) is 7.82. The van der Waals surface area contributed by atoms with Gasteiger partial charge in [0.1, 0.15) is 12.4 Å². The highest BCUT2D eigenvalue weighted by molar-refractivity contribution is 6.30. The number of piperidine rings is 1. The SMILES string of the molecule is O=C(NC1CCN(CCOc2ccc(Cl)cc2)CC1)C1CC1. The smallest absolute Gasteiger partial charge is 0.223 e. The van der Waals surface area contributed by atoms with Gasteiger partial charge in [0.05, 0.1) is 0 Å². The number of nitrogens with one attached hydrogen (secondary N) is 1. The van der Waals surface area contributed by atoms with Gasteiger partial charge in [-0.2, -0.15) is 0 Å². The second kappa shape index (κ2) is 7.34. The topological polar surface area (TPSA) is 41.6 Å². The number of nitrogens with zero attached hydrogens (tertiary/aromatic N) is 1. The molecule has 1 saturated heterocycles. The van der Waals surface area contributed by atoms with Gasteiger partial charge in [-0.1, -0.05) is 11.6 Å². The molecule has 1 aromatic carbocycles. The van der Waals surface area contributed by atoms with Crippen molar-refractivity contribution in [3.8, 4) is 5.75 Å². The van der Waals surface area contributed by atoms with Gasteiger partial charge in [0, 0.05) is 36.6 Å². The lowest BCUT2D eigenvalue weighted by atomic mass is 10.0. The van der Waals surface area contributed by atoms with Crippen LogP contribution in [0.3, 0.4) is 0 Å². The molecule has 3 rings (SSSR count). The van der Waals surface area contributed by atoms with E-state index < -0.39 is 0 Å².